The highest BCUT2D eigenvalue weighted by atomic mass is 16.2. The lowest BCUT2D eigenvalue weighted by molar-refractivity contribution is -0.130. The minimum absolute atomic E-state index is 0.162. The molecule has 2 unspecified atom stereocenters. The summed E-state index contributed by atoms with van der Waals surface area (Å²) in [5, 5.41) is 9.09. The maximum Gasteiger partial charge on any atom is 0.223 e. The van der Waals surface area contributed by atoms with Crippen LogP contribution in [0.3, 0.4) is 0 Å². The molecule has 0 bridgehead atoms. The first-order chi connectivity index (χ1) is 12.8. The predicted molar refractivity (Wildman–Crippen MR) is 99.7 cm³/mol. The zero-order chi connectivity index (χ0) is 17.7. The number of hydrogen-bond acceptors (Lipinski definition) is 3. The summed E-state index contributed by atoms with van der Waals surface area (Å²) >= 11 is 0. The second-order valence-corrected chi connectivity index (χ2v) is 7.49. The van der Waals surface area contributed by atoms with Crippen molar-refractivity contribution in [2.75, 3.05) is 18.0 Å². The first-order valence-electron chi connectivity index (χ1n) is 9.44. The normalized spacial score (nSPS) is 23.9. The number of nitriles is 1. The smallest absolute Gasteiger partial charge is 0.223 e. The van der Waals surface area contributed by atoms with Crippen molar-refractivity contribution < 1.29 is 4.79 Å². The molecule has 0 radical (unpaired) electrons. The molecule has 2 aromatic rings. The SMILES string of the molecule is N#Cc1ccc(C2CC(N3CCCC3=O)c3cccc4c3N2CC4)cc1. The number of benzene rings is 2. The first-order valence-corrected chi connectivity index (χ1v) is 9.44. The van der Waals surface area contributed by atoms with Gasteiger partial charge in [0.1, 0.15) is 0 Å². The van der Waals surface area contributed by atoms with Crippen molar-refractivity contribution in [3.05, 3.63) is 64.7 Å². The summed E-state index contributed by atoms with van der Waals surface area (Å²) in [4.78, 5) is 17.1. The fraction of sp³-hybridized carbons (Fsp3) is 0.364. The van der Waals surface area contributed by atoms with Gasteiger partial charge in [-0.1, -0.05) is 30.3 Å². The molecule has 3 heterocycles. The number of amides is 1. The lowest BCUT2D eigenvalue weighted by Crippen LogP contribution is -2.39. The average Bonchev–Trinajstić information content (AvgIpc) is 3.30. The minimum atomic E-state index is 0.162. The van der Waals surface area contributed by atoms with Crippen molar-refractivity contribution in [3.8, 4) is 6.07 Å². The number of anilines is 1. The number of carbonyl (C=O) groups excluding carboxylic acids is 1. The molecule has 1 amide bonds. The third-order valence-corrected chi connectivity index (χ3v) is 6.15. The lowest BCUT2D eigenvalue weighted by atomic mass is 9.86. The Kier molecular flexibility index (Phi) is 3.49. The summed E-state index contributed by atoms with van der Waals surface area (Å²) in [5.74, 6) is 0.289. The van der Waals surface area contributed by atoms with Gasteiger partial charge in [0.05, 0.1) is 23.7 Å². The van der Waals surface area contributed by atoms with Crippen molar-refractivity contribution >= 4 is 11.6 Å². The van der Waals surface area contributed by atoms with Gasteiger partial charge in [-0.3, -0.25) is 4.79 Å². The number of hydrogen-bond donors (Lipinski definition) is 0. The number of rotatable bonds is 2. The Bertz CT molecular complexity index is 912. The number of carbonyl (C=O) groups is 1. The van der Waals surface area contributed by atoms with E-state index < -0.39 is 0 Å². The van der Waals surface area contributed by atoms with Gasteiger partial charge in [0.25, 0.3) is 0 Å². The maximum absolute atomic E-state index is 12.5. The predicted octanol–water partition coefficient (Wildman–Crippen LogP) is 3.73. The van der Waals surface area contributed by atoms with E-state index in [9.17, 15) is 4.79 Å². The molecule has 5 rings (SSSR count). The Morgan fingerprint density at radius 1 is 0.962 bits per heavy atom. The molecule has 0 spiro atoms. The van der Waals surface area contributed by atoms with Crippen LogP contribution in [0, 0.1) is 11.3 Å². The number of para-hydroxylation sites is 1. The van der Waals surface area contributed by atoms with Crippen LogP contribution in [-0.2, 0) is 11.2 Å². The molecule has 4 nitrogen and oxygen atoms in total. The van der Waals surface area contributed by atoms with Gasteiger partial charge in [-0.2, -0.15) is 5.26 Å². The molecule has 0 N–H and O–H groups in total. The van der Waals surface area contributed by atoms with E-state index in [2.05, 4.69) is 46.2 Å². The van der Waals surface area contributed by atoms with Gasteiger partial charge in [-0.15, -0.1) is 0 Å². The van der Waals surface area contributed by atoms with E-state index in [1.807, 2.05) is 12.1 Å². The van der Waals surface area contributed by atoms with Gasteiger partial charge in [-0.25, -0.2) is 0 Å². The van der Waals surface area contributed by atoms with Crippen LogP contribution in [-0.4, -0.2) is 23.9 Å². The summed E-state index contributed by atoms with van der Waals surface area (Å²) in [7, 11) is 0. The molecule has 1 saturated heterocycles. The molecular formula is C22H21N3O. The quantitative estimate of drug-likeness (QED) is 0.835. The van der Waals surface area contributed by atoms with E-state index in [4.69, 9.17) is 5.26 Å². The second-order valence-electron chi connectivity index (χ2n) is 7.49. The van der Waals surface area contributed by atoms with Crippen molar-refractivity contribution in [2.24, 2.45) is 0 Å². The summed E-state index contributed by atoms with van der Waals surface area (Å²) in [5.41, 5.74) is 6.00. The van der Waals surface area contributed by atoms with Crippen molar-refractivity contribution in [1.82, 2.24) is 4.90 Å². The Morgan fingerprint density at radius 2 is 1.81 bits per heavy atom. The highest BCUT2D eigenvalue weighted by molar-refractivity contribution is 5.80. The molecule has 2 atom stereocenters. The molecule has 0 aliphatic carbocycles. The van der Waals surface area contributed by atoms with Crippen LogP contribution in [0.4, 0.5) is 5.69 Å². The highest BCUT2D eigenvalue weighted by Crippen LogP contribution is 2.50. The van der Waals surface area contributed by atoms with Gasteiger partial charge in [-0.05, 0) is 48.1 Å². The van der Waals surface area contributed by atoms with Crippen molar-refractivity contribution in [1.29, 1.82) is 5.26 Å². The van der Waals surface area contributed by atoms with Gasteiger partial charge in [0.15, 0.2) is 0 Å². The molecule has 4 heteroatoms. The standard InChI is InChI=1S/C22H21N3O/c23-14-15-6-8-16(9-7-15)19-13-20(24-11-2-5-21(24)26)18-4-1-3-17-10-12-25(19)22(17)18/h1,3-4,6-9,19-20H,2,5,10-13H2. The summed E-state index contributed by atoms with van der Waals surface area (Å²) in [6.45, 7) is 1.89. The molecule has 1 fully saturated rings. The Labute approximate surface area is 153 Å². The first kappa shape index (κ1) is 15.5. The van der Waals surface area contributed by atoms with Crippen LogP contribution >= 0.6 is 0 Å². The zero-order valence-corrected chi connectivity index (χ0v) is 14.7. The van der Waals surface area contributed by atoms with E-state index in [1.54, 1.807) is 0 Å². The fourth-order valence-electron chi connectivity index (χ4n) is 4.95. The van der Waals surface area contributed by atoms with E-state index in [-0.39, 0.29) is 18.0 Å². The molecule has 3 aliphatic heterocycles. The molecular weight excluding hydrogens is 322 g/mol. The minimum Gasteiger partial charge on any atom is -0.364 e. The van der Waals surface area contributed by atoms with Crippen molar-refractivity contribution in [3.63, 3.8) is 0 Å². The molecule has 130 valence electrons. The van der Waals surface area contributed by atoms with Crippen molar-refractivity contribution in [2.45, 2.75) is 37.8 Å². The zero-order valence-electron chi connectivity index (χ0n) is 14.7. The summed E-state index contributed by atoms with van der Waals surface area (Å²) in [6.07, 6.45) is 3.64. The summed E-state index contributed by atoms with van der Waals surface area (Å²) < 4.78 is 0. The van der Waals surface area contributed by atoms with Crippen LogP contribution < -0.4 is 4.90 Å². The topological polar surface area (TPSA) is 47.3 Å². The molecule has 2 aromatic carbocycles. The number of nitrogens with zero attached hydrogens (tertiary/aromatic N) is 3. The third kappa shape index (κ3) is 2.24. The Morgan fingerprint density at radius 3 is 2.54 bits per heavy atom. The third-order valence-electron chi connectivity index (χ3n) is 6.15. The van der Waals surface area contributed by atoms with Crippen LogP contribution in [0.5, 0.6) is 0 Å². The van der Waals surface area contributed by atoms with E-state index in [0.29, 0.717) is 12.0 Å². The van der Waals surface area contributed by atoms with Crippen LogP contribution in [0.15, 0.2) is 42.5 Å². The van der Waals surface area contributed by atoms with E-state index >= 15 is 0 Å². The largest absolute Gasteiger partial charge is 0.364 e. The fourth-order valence-corrected chi connectivity index (χ4v) is 4.95. The maximum atomic E-state index is 12.5. The average molecular weight is 343 g/mol. The summed E-state index contributed by atoms with van der Waals surface area (Å²) in [6, 6.07) is 17.2. The van der Waals surface area contributed by atoms with E-state index in [0.717, 1.165) is 32.4 Å². The van der Waals surface area contributed by atoms with Gasteiger partial charge in [0.2, 0.25) is 5.91 Å². The molecule has 0 saturated carbocycles. The highest BCUT2D eigenvalue weighted by Gasteiger charge is 2.41. The second kappa shape index (κ2) is 5.88. The number of likely N-dealkylation sites (tertiary alicyclic amines) is 1. The van der Waals surface area contributed by atoms with Gasteiger partial charge in [0, 0.05) is 25.2 Å². The molecule has 3 aliphatic rings. The monoisotopic (exact) mass is 343 g/mol. The van der Waals surface area contributed by atoms with Gasteiger partial charge < -0.3 is 9.80 Å². The Hall–Kier alpha value is -2.80. The molecule has 26 heavy (non-hydrogen) atoms. The Balaban J connectivity index is 1.60. The van der Waals surface area contributed by atoms with Crippen LogP contribution in [0.1, 0.15) is 53.6 Å². The van der Waals surface area contributed by atoms with Crippen LogP contribution in [0.2, 0.25) is 0 Å². The lowest BCUT2D eigenvalue weighted by Gasteiger charge is -2.43. The van der Waals surface area contributed by atoms with E-state index in [1.165, 1.54) is 22.4 Å². The molecule has 0 aromatic heterocycles. The van der Waals surface area contributed by atoms with Gasteiger partial charge >= 0.3 is 0 Å². The van der Waals surface area contributed by atoms with Crippen LogP contribution in [0.25, 0.3) is 0 Å².